The van der Waals surface area contributed by atoms with Gasteiger partial charge in [-0.05, 0) is 51.8 Å². The van der Waals surface area contributed by atoms with E-state index in [0.29, 0.717) is 37.4 Å². The Labute approximate surface area is 190 Å². The van der Waals surface area contributed by atoms with Crippen molar-refractivity contribution in [1.29, 1.82) is 0 Å². The van der Waals surface area contributed by atoms with Crippen LogP contribution < -0.4 is 4.74 Å². The normalized spacial score (nSPS) is 14.5. The molecular formula is C25H24BrFN2O2. The molecule has 1 aliphatic rings. The van der Waals surface area contributed by atoms with Gasteiger partial charge in [0, 0.05) is 43.9 Å². The van der Waals surface area contributed by atoms with E-state index >= 15 is 0 Å². The molecule has 1 aliphatic heterocycles. The van der Waals surface area contributed by atoms with Gasteiger partial charge in [-0.2, -0.15) is 0 Å². The number of carbonyl (C=O) groups is 1. The zero-order valence-electron chi connectivity index (χ0n) is 17.1. The molecule has 1 amide bonds. The van der Waals surface area contributed by atoms with Crippen molar-refractivity contribution in [3.8, 4) is 5.75 Å². The maximum absolute atomic E-state index is 13.9. The molecule has 0 radical (unpaired) electrons. The molecule has 4 rings (SSSR count). The fraction of sp³-hybridized carbons (Fsp3) is 0.240. The van der Waals surface area contributed by atoms with Crippen molar-refractivity contribution in [3.05, 3.63) is 99.8 Å². The molecule has 6 heteroatoms. The van der Waals surface area contributed by atoms with Crippen molar-refractivity contribution < 1.29 is 13.9 Å². The van der Waals surface area contributed by atoms with E-state index in [9.17, 15) is 9.18 Å². The van der Waals surface area contributed by atoms with Gasteiger partial charge >= 0.3 is 0 Å². The van der Waals surface area contributed by atoms with E-state index in [-0.39, 0.29) is 11.7 Å². The van der Waals surface area contributed by atoms with Crippen molar-refractivity contribution in [1.82, 2.24) is 9.80 Å². The minimum Gasteiger partial charge on any atom is -0.488 e. The van der Waals surface area contributed by atoms with Crippen molar-refractivity contribution in [2.45, 2.75) is 13.2 Å². The van der Waals surface area contributed by atoms with Crippen LogP contribution in [0, 0.1) is 5.82 Å². The average molecular weight is 483 g/mol. The molecular weight excluding hydrogens is 459 g/mol. The fourth-order valence-corrected chi connectivity index (χ4v) is 4.08. The average Bonchev–Trinajstić information content (AvgIpc) is 2.80. The molecule has 31 heavy (non-hydrogen) atoms. The molecule has 1 fully saturated rings. The Morgan fingerprint density at radius 3 is 2.45 bits per heavy atom. The molecule has 3 aromatic carbocycles. The van der Waals surface area contributed by atoms with Crippen LogP contribution >= 0.6 is 15.9 Å². The fourth-order valence-electron chi connectivity index (χ4n) is 3.68. The summed E-state index contributed by atoms with van der Waals surface area (Å²) in [6.07, 6.45) is 0. The standard InChI is InChI=1S/C25H24BrFN2O2/c26-22-9-2-4-11-24(22)31-18-19-6-5-8-20(16-19)25(30)29-14-12-28(13-15-29)17-21-7-1-3-10-23(21)27/h1-11,16H,12-15,17-18H2. The Morgan fingerprint density at radius 1 is 0.935 bits per heavy atom. The number of nitrogens with zero attached hydrogens (tertiary/aromatic N) is 2. The van der Waals surface area contributed by atoms with E-state index in [1.807, 2.05) is 65.6 Å². The number of hydrogen-bond donors (Lipinski definition) is 0. The summed E-state index contributed by atoms with van der Waals surface area (Å²) in [5.74, 6) is 0.612. The maximum atomic E-state index is 13.9. The van der Waals surface area contributed by atoms with E-state index < -0.39 is 0 Å². The highest BCUT2D eigenvalue weighted by molar-refractivity contribution is 9.10. The minimum atomic E-state index is -0.178. The molecule has 0 N–H and O–H groups in total. The second kappa shape index (κ2) is 10.1. The van der Waals surface area contributed by atoms with Crippen LogP contribution in [0.1, 0.15) is 21.5 Å². The second-order valence-corrected chi connectivity index (χ2v) is 8.43. The summed E-state index contributed by atoms with van der Waals surface area (Å²) < 4.78 is 20.7. The van der Waals surface area contributed by atoms with Crippen LogP contribution in [0.2, 0.25) is 0 Å². The van der Waals surface area contributed by atoms with Crippen LogP contribution in [-0.4, -0.2) is 41.9 Å². The first-order valence-electron chi connectivity index (χ1n) is 10.3. The molecule has 1 saturated heterocycles. The summed E-state index contributed by atoms with van der Waals surface area (Å²) in [5.41, 5.74) is 2.30. The number of halogens is 2. The highest BCUT2D eigenvalue weighted by Crippen LogP contribution is 2.25. The lowest BCUT2D eigenvalue weighted by Crippen LogP contribution is -2.48. The molecule has 0 unspecified atom stereocenters. The van der Waals surface area contributed by atoms with E-state index in [1.54, 1.807) is 6.07 Å². The number of hydrogen-bond acceptors (Lipinski definition) is 3. The lowest BCUT2D eigenvalue weighted by molar-refractivity contribution is 0.0627. The van der Waals surface area contributed by atoms with Gasteiger partial charge in [-0.1, -0.05) is 42.5 Å². The third-order valence-corrected chi connectivity index (χ3v) is 6.07. The maximum Gasteiger partial charge on any atom is 0.253 e. The summed E-state index contributed by atoms with van der Waals surface area (Å²) in [6, 6.07) is 22.1. The lowest BCUT2D eigenvalue weighted by atomic mass is 10.1. The van der Waals surface area contributed by atoms with E-state index in [2.05, 4.69) is 20.8 Å². The van der Waals surface area contributed by atoms with Gasteiger partial charge in [0.1, 0.15) is 18.2 Å². The Kier molecular flexibility index (Phi) is 6.99. The molecule has 0 spiro atoms. The summed E-state index contributed by atoms with van der Waals surface area (Å²) >= 11 is 3.48. The van der Waals surface area contributed by atoms with Crippen LogP contribution in [0.4, 0.5) is 4.39 Å². The molecule has 0 atom stereocenters. The smallest absolute Gasteiger partial charge is 0.253 e. The monoisotopic (exact) mass is 482 g/mol. The van der Waals surface area contributed by atoms with Crippen LogP contribution in [0.5, 0.6) is 5.75 Å². The van der Waals surface area contributed by atoms with E-state index in [4.69, 9.17) is 4.74 Å². The first kappa shape index (κ1) is 21.5. The number of ether oxygens (including phenoxy) is 1. The second-order valence-electron chi connectivity index (χ2n) is 7.58. The molecule has 0 bridgehead atoms. The molecule has 0 aliphatic carbocycles. The van der Waals surface area contributed by atoms with Crippen molar-refractivity contribution in [3.63, 3.8) is 0 Å². The highest BCUT2D eigenvalue weighted by atomic mass is 79.9. The number of benzene rings is 3. The first-order valence-corrected chi connectivity index (χ1v) is 11.1. The largest absolute Gasteiger partial charge is 0.488 e. The topological polar surface area (TPSA) is 32.8 Å². The van der Waals surface area contributed by atoms with Gasteiger partial charge in [-0.25, -0.2) is 4.39 Å². The predicted molar refractivity (Wildman–Crippen MR) is 122 cm³/mol. The third kappa shape index (κ3) is 5.51. The van der Waals surface area contributed by atoms with E-state index in [1.165, 1.54) is 6.07 Å². The van der Waals surface area contributed by atoms with Gasteiger partial charge in [0.2, 0.25) is 0 Å². The third-order valence-electron chi connectivity index (χ3n) is 5.42. The predicted octanol–water partition coefficient (Wildman–Crippen LogP) is 5.13. The Morgan fingerprint density at radius 2 is 1.68 bits per heavy atom. The zero-order valence-corrected chi connectivity index (χ0v) is 18.7. The number of piperazine rings is 1. The van der Waals surface area contributed by atoms with Crippen LogP contribution in [0.25, 0.3) is 0 Å². The van der Waals surface area contributed by atoms with Crippen LogP contribution in [0.3, 0.4) is 0 Å². The van der Waals surface area contributed by atoms with Crippen molar-refractivity contribution in [2.75, 3.05) is 26.2 Å². The molecule has 1 heterocycles. The number of carbonyl (C=O) groups excluding carboxylic acids is 1. The number of amides is 1. The summed E-state index contributed by atoms with van der Waals surface area (Å²) in [4.78, 5) is 17.0. The molecule has 0 aromatic heterocycles. The zero-order chi connectivity index (χ0) is 21.6. The quantitative estimate of drug-likeness (QED) is 0.488. The van der Waals surface area contributed by atoms with E-state index in [0.717, 1.165) is 28.9 Å². The molecule has 0 saturated carbocycles. The Hall–Kier alpha value is -2.70. The van der Waals surface area contributed by atoms with Crippen LogP contribution in [0.15, 0.2) is 77.3 Å². The Balaban J connectivity index is 1.33. The van der Waals surface area contributed by atoms with Gasteiger partial charge in [-0.3, -0.25) is 9.69 Å². The molecule has 4 nitrogen and oxygen atoms in total. The summed E-state index contributed by atoms with van der Waals surface area (Å²) in [5, 5.41) is 0. The van der Waals surface area contributed by atoms with Crippen molar-refractivity contribution >= 4 is 21.8 Å². The van der Waals surface area contributed by atoms with Gasteiger partial charge in [0.05, 0.1) is 4.47 Å². The lowest BCUT2D eigenvalue weighted by Gasteiger charge is -2.35. The van der Waals surface area contributed by atoms with Gasteiger partial charge < -0.3 is 9.64 Å². The van der Waals surface area contributed by atoms with Gasteiger partial charge in [-0.15, -0.1) is 0 Å². The van der Waals surface area contributed by atoms with Gasteiger partial charge in [0.25, 0.3) is 5.91 Å². The minimum absolute atomic E-state index is 0.0216. The molecule has 160 valence electrons. The Bertz CT molecular complexity index is 1050. The van der Waals surface area contributed by atoms with Crippen molar-refractivity contribution in [2.24, 2.45) is 0 Å². The summed E-state index contributed by atoms with van der Waals surface area (Å²) in [7, 11) is 0. The molecule has 3 aromatic rings. The SMILES string of the molecule is O=C(c1cccc(COc2ccccc2Br)c1)N1CCN(Cc2ccccc2F)CC1. The summed E-state index contributed by atoms with van der Waals surface area (Å²) in [6.45, 7) is 3.67. The number of para-hydroxylation sites is 1. The highest BCUT2D eigenvalue weighted by Gasteiger charge is 2.23. The van der Waals surface area contributed by atoms with Gasteiger partial charge in [0.15, 0.2) is 0 Å². The number of rotatable bonds is 6. The first-order chi connectivity index (χ1) is 15.1. The van der Waals surface area contributed by atoms with Crippen LogP contribution in [-0.2, 0) is 13.2 Å².